The second kappa shape index (κ2) is 8.78. The van der Waals surface area contributed by atoms with Gasteiger partial charge < -0.3 is 19.4 Å². The van der Waals surface area contributed by atoms with Gasteiger partial charge in [0.05, 0.1) is 19.5 Å². The predicted octanol–water partition coefficient (Wildman–Crippen LogP) is -0.164. The normalized spacial score (nSPS) is 17.3. The van der Waals surface area contributed by atoms with Gasteiger partial charge in [0.1, 0.15) is 12.4 Å². The summed E-state index contributed by atoms with van der Waals surface area (Å²) >= 11 is 0. The first kappa shape index (κ1) is 20.3. The number of nitrogens with zero attached hydrogens (tertiary/aromatic N) is 7. The minimum absolute atomic E-state index is 0.00817. The molecular formula is C20H27N7O3. The van der Waals surface area contributed by atoms with Crippen molar-refractivity contribution in [3.05, 3.63) is 40.2 Å². The van der Waals surface area contributed by atoms with Crippen molar-refractivity contribution >= 4 is 17.7 Å². The highest BCUT2D eigenvalue weighted by atomic mass is 16.5. The summed E-state index contributed by atoms with van der Waals surface area (Å²) in [4.78, 5) is 44.2. The van der Waals surface area contributed by atoms with Gasteiger partial charge in [-0.15, -0.1) is 0 Å². The molecule has 4 heterocycles. The summed E-state index contributed by atoms with van der Waals surface area (Å²) in [5.74, 6) is 1.54. The summed E-state index contributed by atoms with van der Waals surface area (Å²) in [7, 11) is 0. The molecule has 2 aliphatic rings. The van der Waals surface area contributed by atoms with E-state index in [1.54, 1.807) is 11.8 Å². The molecule has 2 aromatic heterocycles. The molecule has 2 saturated heterocycles. The van der Waals surface area contributed by atoms with E-state index in [0.29, 0.717) is 51.0 Å². The van der Waals surface area contributed by atoms with Crippen LogP contribution in [-0.4, -0.2) is 82.8 Å². The lowest BCUT2D eigenvalue weighted by Gasteiger charge is -2.35. The maximum absolute atomic E-state index is 12.6. The Kier molecular flexibility index (Phi) is 5.93. The van der Waals surface area contributed by atoms with Gasteiger partial charge >= 0.3 is 0 Å². The highest BCUT2D eigenvalue weighted by Crippen LogP contribution is 2.19. The van der Waals surface area contributed by atoms with Crippen molar-refractivity contribution in [2.75, 3.05) is 62.3 Å². The monoisotopic (exact) mass is 413 g/mol. The first-order chi connectivity index (χ1) is 14.5. The minimum Gasteiger partial charge on any atom is -0.378 e. The number of amides is 1. The molecule has 0 radical (unpaired) electrons. The third-order valence-corrected chi connectivity index (χ3v) is 5.40. The molecule has 0 aromatic carbocycles. The lowest BCUT2D eigenvalue weighted by Crippen LogP contribution is -2.50. The molecule has 2 fully saturated rings. The summed E-state index contributed by atoms with van der Waals surface area (Å²) in [6.45, 7) is 9.24. The first-order valence-corrected chi connectivity index (χ1v) is 10.2. The van der Waals surface area contributed by atoms with Gasteiger partial charge in [-0.25, -0.2) is 9.97 Å². The molecule has 0 aliphatic carbocycles. The largest absolute Gasteiger partial charge is 0.378 e. The first-order valence-electron chi connectivity index (χ1n) is 10.2. The number of hydrogen-bond acceptors (Lipinski definition) is 8. The zero-order valence-corrected chi connectivity index (χ0v) is 17.5. The lowest BCUT2D eigenvalue weighted by atomic mass is 10.3. The van der Waals surface area contributed by atoms with E-state index in [4.69, 9.17) is 9.72 Å². The van der Waals surface area contributed by atoms with Gasteiger partial charge in [0.25, 0.3) is 5.56 Å². The standard InChI is InChI=1S/C20H27N7O3/c1-15-12-18(28)27(14-21-15)13-19(29)25-3-5-26(6-4-25)20-22-16(2)11-17(23-20)24-7-9-30-10-8-24/h11-12,14H,3-10,13H2,1-2H3. The molecule has 10 heteroatoms. The van der Waals surface area contributed by atoms with Crippen molar-refractivity contribution in [1.29, 1.82) is 0 Å². The molecule has 0 spiro atoms. The van der Waals surface area contributed by atoms with Crippen molar-refractivity contribution in [3.63, 3.8) is 0 Å². The van der Waals surface area contributed by atoms with Crippen LogP contribution in [0.3, 0.4) is 0 Å². The molecule has 0 unspecified atom stereocenters. The lowest BCUT2D eigenvalue weighted by molar-refractivity contribution is -0.132. The van der Waals surface area contributed by atoms with Gasteiger partial charge in [0.2, 0.25) is 11.9 Å². The van der Waals surface area contributed by atoms with E-state index in [1.165, 1.54) is 17.0 Å². The Hall–Kier alpha value is -3.01. The summed E-state index contributed by atoms with van der Waals surface area (Å²) < 4.78 is 6.78. The fraction of sp³-hybridized carbons (Fsp3) is 0.550. The summed E-state index contributed by atoms with van der Waals surface area (Å²) in [6, 6.07) is 3.44. The summed E-state index contributed by atoms with van der Waals surface area (Å²) in [5.41, 5.74) is 1.36. The molecular weight excluding hydrogens is 386 g/mol. The Bertz CT molecular complexity index is 963. The van der Waals surface area contributed by atoms with Crippen molar-refractivity contribution < 1.29 is 9.53 Å². The van der Waals surface area contributed by atoms with E-state index < -0.39 is 0 Å². The number of aromatic nitrogens is 4. The molecule has 2 aromatic rings. The van der Waals surface area contributed by atoms with Gasteiger partial charge in [-0.05, 0) is 13.8 Å². The number of hydrogen-bond donors (Lipinski definition) is 0. The zero-order chi connectivity index (χ0) is 21.1. The smallest absolute Gasteiger partial charge is 0.253 e. The van der Waals surface area contributed by atoms with Gasteiger partial charge in [-0.3, -0.25) is 14.2 Å². The Morgan fingerprint density at radius 2 is 1.70 bits per heavy atom. The van der Waals surface area contributed by atoms with Gasteiger partial charge in [0, 0.05) is 62.8 Å². The number of anilines is 2. The molecule has 0 N–H and O–H groups in total. The molecule has 1 amide bonds. The molecule has 10 nitrogen and oxygen atoms in total. The Morgan fingerprint density at radius 1 is 0.967 bits per heavy atom. The van der Waals surface area contributed by atoms with E-state index in [2.05, 4.69) is 19.8 Å². The number of morpholine rings is 1. The minimum atomic E-state index is -0.210. The predicted molar refractivity (Wildman–Crippen MR) is 112 cm³/mol. The van der Waals surface area contributed by atoms with E-state index >= 15 is 0 Å². The van der Waals surface area contributed by atoms with Crippen LogP contribution in [0.5, 0.6) is 0 Å². The number of carbonyl (C=O) groups excluding carboxylic acids is 1. The topological polar surface area (TPSA) is 96.7 Å². The number of piperazine rings is 1. The van der Waals surface area contributed by atoms with E-state index in [9.17, 15) is 9.59 Å². The highest BCUT2D eigenvalue weighted by molar-refractivity contribution is 5.76. The van der Waals surface area contributed by atoms with Crippen LogP contribution in [0.2, 0.25) is 0 Å². The zero-order valence-electron chi connectivity index (χ0n) is 17.5. The second-order valence-electron chi connectivity index (χ2n) is 7.63. The van der Waals surface area contributed by atoms with E-state index in [0.717, 1.165) is 24.6 Å². The fourth-order valence-corrected chi connectivity index (χ4v) is 3.67. The Morgan fingerprint density at radius 3 is 2.40 bits per heavy atom. The summed E-state index contributed by atoms with van der Waals surface area (Å²) in [6.07, 6.45) is 1.43. The van der Waals surface area contributed by atoms with E-state index in [-0.39, 0.29) is 18.0 Å². The van der Waals surface area contributed by atoms with Gasteiger partial charge in [-0.2, -0.15) is 4.98 Å². The van der Waals surface area contributed by atoms with Crippen LogP contribution in [-0.2, 0) is 16.1 Å². The van der Waals surface area contributed by atoms with E-state index in [1.807, 2.05) is 13.0 Å². The van der Waals surface area contributed by atoms with Crippen LogP contribution in [0, 0.1) is 13.8 Å². The van der Waals surface area contributed by atoms with Crippen molar-refractivity contribution in [1.82, 2.24) is 24.4 Å². The number of rotatable bonds is 4. The second-order valence-corrected chi connectivity index (χ2v) is 7.63. The van der Waals surface area contributed by atoms with Crippen LogP contribution in [0.25, 0.3) is 0 Å². The van der Waals surface area contributed by atoms with Crippen LogP contribution in [0.15, 0.2) is 23.3 Å². The molecule has 2 aliphatic heterocycles. The number of carbonyl (C=O) groups is 1. The van der Waals surface area contributed by atoms with Crippen LogP contribution < -0.4 is 15.4 Å². The Labute approximate surface area is 175 Å². The molecule has 4 rings (SSSR count). The van der Waals surface area contributed by atoms with Gasteiger partial charge in [-0.1, -0.05) is 0 Å². The van der Waals surface area contributed by atoms with Crippen LogP contribution in [0.4, 0.5) is 11.8 Å². The van der Waals surface area contributed by atoms with Crippen LogP contribution >= 0.6 is 0 Å². The highest BCUT2D eigenvalue weighted by Gasteiger charge is 2.24. The average Bonchev–Trinajstić information content (AvgIpc) is 2.76. The average molecular weight is 413 g/mol. The maximum atomic E-state index is 12.6. The molecule has 0 bridgehead atoms. The van der Waals surface area contributed by atoms with Crippen molar-refractivity contribution in [3.8, 4) is 0 Å². The van der Waals surface area contributed by atoms with Gasteiger partial charge in [0.15, 0.2) is 0 Å². The third kappa shape index (κ3) is 4.59. The Balaban J connectivity index is 1.38. The quantitative estimate of drug-likeness (QED) is 0.682. The maximum Gasteiger partial charge on any atom is 0.253 e. The number of ether oxygens (including phenoxy) is 1. The molecule has 160 valence electrons. The SMILES string of the molecule is Cc1cc(=O)n(CC(=O)N2CCN(c3nc(C)cc(N4CCOCC4)n3)CC2)cn1. The third-order valence-electron chi connectivity index (χ3n) is 5.40. The fourth-order valence-electron chi connectivity index (χ4n) is 3.67. The van der Waals surface area contributed by atoms with Crippen LogP contribution in [0.1, 0.15) is 11.4 Å². The van der Waals surface area contributed by atoms with Crippen molar-refractivity contribution in [2.24, 2.45) is 0 Å². The molecule has 0 saturated carbocycles. The molecule has 30 heavy (non-hydrogen) atoms. The summed E-state index contributed by atoms with van der Waals surface area (Å²) in [5, 5.41) is 0. The number of aryl methyl sites for hydroxylation is 2. The van der Waals surface area contributed by atoms with Crippen molar-refractivity contribution in [2.45, 2.75) is 20.4 Å². The molecule has 0 atom stereocenters.